The van der Waals surface area contributed by atoms with Crippen LogP contribution in [0, 0.1) is 10.1 Å². The molecule has 0 aromatic heterocycles. The Morgan fingerprint density at radius 2 is 2.15 bits per heavy atom. The third kappa shape index (κ3) is 4.71. The number of rotatable bonds is 7. The Morgan fingerprint density at radius 3 is 2.70 bits per heavy atom. The Bertz CT molecular complexity index is 588. The molecule has 1 aromatic carbocycles. The number of nitrogens with zero attached hydrogens (tertiary/aromatic N) is 1. The van der Waals surface area contributed by atoms with Crippen LogP contribution in [-0.2, 0) is 10.0 Å². The largest absolute Gasteiger partial charge is 0.393 e. The van der Waals surface area contributed by atoms with E-state index in [1.54, 1.807) is 6.92 Å². The summed E-state index contributed by atoms with van der Waals surface area (Å²) >= 11 is 5.62. The molecule has 0 saturated heterocycles. The third-order valence-electron chi connectivity index (χ3n) is 2.52. The molecule has 1 atom stereocenters. The van der Waals surface area contributed by atoms with E-state index in [0.29, 0.717) is 12.8 Å². The molecular weight excluding hydrogens is 308 g/mol. The van der Waals surface area contributed by atoms with Crippen molar-refractivity contribution in [2.75, 3.05) is 6.54 Å². The number of aliphatic hydroxyl groups excluding tert-OH is 1. The first-order chi connectivity index (χ1) is 9.24. The quantitative estimate of drug-likeness (QED) is 0.451. The van der Waals surface area contributed by atoms with Crippen LogP contribution in [0.2, 0.25) is 5.02 Å². The fourth-order valence-corrected chi connectivity index (χ4v) is 2.77. The lowest BCUT2D eigenvalue weighted by Crippen LogP contribution is -2.25. The van der Waals surface area contributed by atoms with Gasteiger partial charge in [0.05, 0.1) is 15.9 Å². The topological polar surface area (TPSA) is 110 Å². The summed E-state index contributed by atoms with van der Waals surface area (Å²) in [7, 11) is -3.83. The minimum absolute atomic E-state index is 0.122. The average molecular weight is 323 g/mol. The molecule has 1 rings (SSSR count). The van der Waals surface area contributed by atoms with Crippen LogP contribution < -0.4 is 4.72 Å². The predicted octanol–water partition coefficient (Wildman–Crippen LogP) is 1.69. The van der Waals surface area contributed by atoms with E-state index >= 15 is 0 Å². The third-order valence-corrected chi connectivity index (χ3v) is 4.29. The van der Waals surface area contributed by atoms with Crippen molar-refractivity contribution in [3.63, 3.8) is 0 Å². The van der Waals surface area contributed by atoms with Gasteiger partial charge in [-0.2, -0.15) is 0 Å². The molecule has 0 amide bonds. The van der Waals surface area contributed by atoms with Crippen LogP contribution in [0.25, 0.3) is 0 Å². The van der Waals surface area contributed by atoms with E-state index in [9.17, 15) is 18.5 Å². The van der Waals surface area contributed by atoms with E-state index in [0.717, 1.165) is 6.07 Å². The van der Waals surface area contributed by atoms with Gasteiger partial charge in [0.15, 0.2) is 0 Å². The van der Waals surface area contributed by atoms with Crippen molar-refractivity contribution in [1.82, 2.24) is 4.72 Å². The van der Waals surface area contributed by atoms with Crippen LogP contribution in [0.4, 0.5) is 5.69 Å². The van der Waals surface area contributed by atoms with E-state index in [-0.39, 0.29) is 16.5 Å². The van der Waals surface area contributed by atoms with Gasteiger partial charge >= 0.3 is 0 Å². The van der Waals surface area contributed by atoms with Gasteiger partial charge in [0, 0.05) is 12.6 Å². The highest BCUT2D eigenvalue weighted by atomic mass is 35.5. The summed E-state index contributed by atoms with van der Waals surface area (Å²) in [4.78, 5) is 9.76. The second kappa shape index (κ2) is 6.98. The van der Waals surface area contributed by atoms with Gasteiger partial charge in [0.25, 0.3) is 5.69 Å². The number of sulfonamides is 1. The van der Waals surface area contributed by atoms with Gasteiger partial charge in [-0.25, -0.2) is 13.1 Å². The number of benzene rings is 1. The molecule has 20 heavy (non-hydrogen) atoms. The van der Waals surface area contributed by atoms with Gasteiger partial charge < -0.3 is 5.11 Å². The SMILES string of the molecule is CC(O)CCCNS(=O)(=O)c1ccc(Cl)c([N+](=O)[O-])c1. The molecule has 0 radical (unpaired) electrons. The van der Waals surface area contributed by atoms with Crippen molar-refractivity contribution in [3.8, 4) is 0 Å². The van der Waals surface area contributed by atoms with Crippen LogP contribution in [0.1, 0.15) is 19.8 Å². The summed E-state index contributed by atoms with van der Waals surface area (Å²) in [5, 5.41) is 19.7. The minimum Gasteiger partial charge on any atom is -0.393 e. The van der Waals surface area contributed by atoms with Crippen molar-refractivity contribution in [3.05, 3.63) is 33.3 Å². The zero-order valence-electron chi connectivity index (χ0n) is 10.7. The molecule has 7 nitrogen and oxygen atoms in total. The molecule has 0 fully saturated rings. The number of nitro benzene ring substituents is 1. The van der Waals surface area contributed by atoms with Crippen molar-refractivity contribution in [2.45, 2.75) is 30.8 Å². The number of halogens is 1. The van der Waals surface area contributed by atoms with Gasteiger partial charge in [-0.1, -0.05) is 11.6 Å². The maximum atomic E-state index is 11.9. The smallest absolute Gasteiger partial charge is 0.289 e. The molecular formula is C11H15ClN2O5S. The summed E-state index contributed by atoms with van der Waals surface area (Å²) in [6.07, 6.45) is 0.423. The number of hydrogen-bond donors (Lipinski definition) is 2. The van der Waals surface area contributed by atoms with Crippen LogP contribution in [0.5, 0.6) is 0 Å². The highest BCUT2D eigenvalue weighted by Gasteiger charge is 2.20. The molecule has 2 N–H and O–H groups in total. The molecule has 0 aliphatic carbocycles. The second-order valence-corrected chi connectivity index (χ2v) is 6.43. The Hall–Kier alpha value is -1.22. The summed E-state index contributed by atoms with van der Waals surface area (Å²) in [5.41, 5.74) is -0.460. The monoisotopic (exact) mass is 322 g/mol. The number of aliphatic hydroxyl groups is 1. The highest BCUT2D eigenvalue weighted by molar-refractivity contribution is 7.89. The molecule has 1 unspecified atom stereocenters. The molecule has 9 heteroatoms. The van der Waals surface area contributed by atoms with Gasteiger partial charge in [-0.05, 0) is 31.9 Å². The lowest BCUT2D eigenvalue weighted by molar-refractivity contribution is -0.384. The van der Waals surface area contributed by atoms with Crippen molar-refractivity contribution >= 4 is 27.3 Å². The highest BCUT2D eigenvalue weighted by Crippen LogP contribution is 2.26. The minimum atomic E-state index is -3.83. The molecule has 1 aromatic rings. The first kappa shape index (κ1) is 16.8. The molecule has 0 bridgehead atoms. The summed E-state index contributed by atoms with van der Waals surface area (Å²) in [5.74, 6) is 0. The van der Waals surface area contributed by atoms with E-state index in [1.807, 2.05) is 0 Å². The first-order valence-corrected chi connectivity index (χ1v) is 7.72. The summed E-state index contributed by atoms with van der Waals surface area (Å²) in [6.45, 7) is 1.75. The Morgan fingerprint density at radius 1 is 1.50 bits per heavy atom. The van der Waals surface area contributed by atoms with Crippen molar-refractivity contribution in [1.29, 1.82) is 0 Å². The van der Waals surface area contributed by atoms with E-state index in [4.69, 9.17) is 16.7 Å². The lowest BCUT2D eigenvalue weighted by Gasteiger charge is -2.08. The van der Waals surface area contributed by atoms with E-state index in [2.05, 4.69) is 4.72 Å². The van der Waals surface area contributed by atoms with Crippen LogP contribution in [0.3, 0.4) is 0 Å². The van der Waals surface area contributed by atoms with Crippen LogP contribution >= 0.6 is 11.6 Å². The van der Waals surface area contributed by atoms with Crippen molar-refractivity contribution in [2.24, 2.45) is 0 Å². The Balaban J connectivity index is 2.82. The molecule has 0 aliphatic heterocycles. The van der Waals surface area contributed by atoms with Gasteiger partial charge in [-0.3, -0.25) is 10.1 Å². The zero-order chi connectivity index (χ0) is 15.3. The maximum Gasteiger partial charge on any atom is 0.289 e. The molecule has 0 aliphatic rings. The number of nitro groups is 1. The normalized spacial score (nSPS) is 13.2. The standard InChI is InChI=1S/C11H15ClN2O5S/c1-8(15)3-2-6-13-20(18,19)9-4-5-10(12)11(7-9)14(16)17/h4-5,7-8,13,15H,2-3,6H2,1H3. The average Bonchev–Trinajstić information content (AvgIpc) is 2.34. The predicted molar refractivity (Wildman–Crippen MR) is 74.2 cm³/mol. The molecule has 0 saturated carbocycles. The van der Waals surface area contributed by atoms with Crippen molar-refractivity contribution < 1.29 is 18.4 Å². The van der Waals surface area contributed by atoms with Gasteiger partial charge in [0.2, 0.25) is 10.0 Å². The Kier molecular flexibility index (Phi) is 5.88. The number of hydrogen-bond acceptors (Lipinski definition) is 5. The molecule has 0 spiro atoms. The van der Waals surface area contributed by atoms with E-state index in [1.165, 1.54) is 12.1 Å². The lowest BCUT2D eigenvalue weighted by atomic mass is 10.2. The molecule has 112 valence electrons. The summed E-state index contributed by atoms with van der Waals surface area (Å²) in [6, 6.07) is 3.29. The van der Waals surface area contributed by atoms with Gasteiger partial charge in [-0.15, -0.1) is 0 Å². The molecule has 0 heterocycles. The van der Waals surface area contributed by atoms with Crippen LogP contribution in [0.15, 0.2) is 23.1 Å². The van der Waals surface area contributed by atoms with E-state index < -0.39 is 26.7 Å². The maximum absolute atomic E-state index is 11.9. The first-order valence-electron chi connectivity index (χ1n) is 5.85. The van der Waals surface area contributed by atoms with Gasteiger partial charge in [0.1, 0.15) is 5.02 Å². The zero-order valence-corrected chi connectivity index (χ0v) is 12.3. The number of nitrogens with one attached hydrogen (secondary N) is 1. The Labute approximate surface area is 121 Å². The second-order valence-electron chi connectivity index (χ2n) is 4.26. The summed E-state index contributed by atoms with van der Waals surface area (Å²) < 4.78 is 26.2. The van der Waals surface area contributed by atoms with Crippen LogP contribution in [-0.4, -0.2) is 31.1 Å². The fraction of sp³-hybridized carbons (Fsp3) is 0.455. The fourth-order valence-electron chi connectivity index (χ4n) is 1.49.